The summed E-state index contributed by atoms with van der Waals surface area (Å²) in [6, 6.07) is 12.1. The van der Waals surface area contributed by atoms with Crippen molar-refractivity contribution in [2.24, 2.45) is 0 Å². The molecule has 0 saturated heterocycles. The molecule has 3 nitrogen and oxygen atoms in total. The van der Waals surface area contributed by atoms with Gasteiger partial charge in [-0.05, 0) is 23.8 Å². The first-order chi connectivity index (χ1) is 9.79. The van der Waals surface area contributed by atoms with Crippen molar-refractivity contribution in [3.8, 4) is 0 Å². The molecule has 1 aromatic carbocycles. The molecule has 20 heavy (non-hydrogen) atoms. The first kappa shape index (κ1) is 13.6. The van der Waals surface area contributed by atoms with Gasteiger partial charge in [0.25, 0.3) is 0 Å². The maximum absolute atomic E-state index is 5.89. The molecule has 3 rings (SSSR count). The Balaban J connectivity index is 2.09. The lowest BCUT2D eigenvalue weighted by atomic mass is 10.2. The summed E-state index contributed by atoms with van der Waals surface area (Å²) in [4.78, 5) is 9.08. The maximum atomic E-state index is 5.89. The van der Waals surface area contributed by atoms with Gasteiger partial charge in [0.05, 0.1) is 6.54 Å². The Morgan fingerprint density at radius 2 is 2.00 bits per heavy atom. The molecule has 102 valence electrons. The number of aryl methyl sites for hydroxylation is 1. The second-order valence-electron chi connectivity index (χ2n) is 4.49. The van der Waals surface area contributed by atoms with Gasteiger partial charge in [-0.25, -0.2) is 9.97 Å². The van der Waals surface area contributed by atoms with E-state index < -0.39 is 0 Å². The van der Waals surface area contributed by atoms with E-state index in [1.807, 2.05) is 30.3 Å². The van der Waals surface area contributed by atoms with Gasteiger partial charge in [-0.3, -0.25) is 0 Å². The van der Waals surface area contributed by atoms with Crippen LogP contribution in [0, 0.1) is 0 Å². The molecular weight excluding hydrogens is 338 g/mol. The van der Waals surface area contributed by atoms with Gasteiger partial charge in [0, 0.05) is 23.0 Å². The van der Waals surface area contributed by atoms with Crippen LogP contribution in [0.25, 0.3) is 11.2 Å². The Morgan fingerprint density at radius 3 is 2.80 bits per heavy atom. The summed E-state index contributed by atoms with van der Waals surface area (Å²) < 4.78 is 3.23. The molecule has 0 unspecified atom stereocenters. The van der Waals surface area contributed by atoms with E-state index in [4.69, 9.17) is 11.6 Å². The standard InChI is InChI=1S/C15H13BrClN3/c16-12-5-2-1-4-11(12)10-20-14(7-8-17)19-13-6-3-9-18-15(13)20/h1-6,9H,7-8,10H2. The Kier molecular flexibility index (Phi) is 4.03. The van der Waals surface area contributed by atoms with Crippen LogP contribution < -0.4 is 0 Å². The summed E-state index contributed by atoms with van der Waals surface area (Å²) in [5, 5.41) is 0. The van der Waals surface area contributed by atoms with Crippen molar-refractivity contribution in [1.82, 2.24) is 14.5 Å². The van der Waals surface area contributed by atoms with Gasteiger partial charge in [-0.1, -0.05) is 34.1 Å². The number of hydrogen-bond donors (Lipinski definition) is 0. The number of halogens is 2. The fraction of sp³-hybridized carbons (Fsp3) is 0.200. The average molecular weight is 351 g/mol. The van der Waals surface area contributed by atoms with Crippen LogP contribution in [-0.4, -0.2) is 20.4 Å². The van der Waals surface area contributed by atoms with Gasteiger partial charge in [-0.15, -0.1) is 11.6 Å². The van der Waals surface area contributed by atoms with Crippen molar-refractivity contribution < 1.29 is 0 Å². The minimum absolute atomic E-state index is 0.555. The Labute approximate surface area is 130 Å². The molecule has 0 saturated carbocycles. The van der Waals surface area contributed by atoms with Crippen LogP contribution in [0.2, 0.25) is 0 Å². The van der Waals surface area contributed by atoms with Crippen LogP contribution in [0.3, 0.4) is 0 Å². The van der Waals surface area contributed by atoms with Crippen LogP contribution in [0.15, 0.2) is 47.1 Å². The van der Waals surface area contributed by atoms with Crippen LogP contribution in [-0.2, 0) is 13.0 Å². The van der Waals surface area contributed by atoms with Gasteiger partial charge in [0.1, 0.15) is 11.3 Å². The summed E-state index contributed by atoms with van der Waals surface area (Å²) in [5.41, 5.74) is 3.02. The van der Waals surface area contributed by atoms with E-state index in [1.165, 1.54) is 5.56 Å². The van der Waals surface area contributed by atoms with Crippen molar-refractivity contribution >= 4 is 38.7 Å². The molecule has 0 N–H and O–H groups in total. The maximum Gasteiger partial charge on any atom is 0.160 e. The Hall–Kier alpha value is -1.39. The minimum atomic E-state index is 0.555. The third-order valence-electron chi connectivity index (χ3n) is 3.19. The zero-order chi connectivity index (χ0) is 13.9. The van der Waals surface area contributed by atoms with E-state index >= 15 is 0 Å². The molecule has 5 heteroatoms. The molecule has 2 aromatic heterocycles. The van der Waals surface area contributed by atoms with Gasteiger partial charge < -0.3 is 4.57 Å². The van der Waals surface area contributed by atoms with Crippen molar-refractivity contribution in [2.45, 2.75) is 13.0 Å². The van der Waals surface area contributed by atoms with Crippen LogP contribution in [0.1, 0.15) is 11.4 Å². The SMILES string of the molecule is ClCCc1nc2cccnc2n1Cc1ccccc1Br. The van der Waals surface area contributed by atoms with Crippen molar-refractivity contribution in [3.05, 3.63) is 58.5 Å². The number of fused-ring (bicyclic) bond motifs is 1. The number of aromatic nitrogens is 3. The second-order valence-corrected chi connectivity index (χ2v) is 5.72. The highest BCUT2D eigenvalue weighted by molar-refractivity contribution is 9.10. The van der Waals surface area contributed by atoms with E-state index in [2.05, 4.69) is 36.5 Å². The fourth-order valence-electron chi connectivity index (χ4n) is 2.24. The Morgan fingerprint density at radius 1 is 1.15 bits per heavy atom. The average Bonchev–Trinajstić information content (AvgIpc) is 2.80. The zero-order valence-electron chi connectivity index (χ0n) is 10.8. The number of pyridine rings is 1. The number of rotatable bonds is 4. The highest BCUT2D eigenvalue weighted by atomic mass is 79.9. The highest BCUT2D eigenvalue weighted by Gasteiger charge is 2.12. The molecule has 0 fully saturated rings. The molecule has 0 radical (unpaired) electrons. The lowest BCUT2D eigenvalue weighted by Crippen LogP contribution is -2.07. The fourth-order valence-corrected chi connectivity index (χ4v) is 2.82. The predicted molar refractivity (Wildman–Crippen MR) is 85.2 cm³/mol. The van der Waals surface area contributed by atoms with E-state index in [-0.39, 0.29) is 0 Å². The lowest BCUT2D eigenvalue weighted by Gasteiger charge is -2.09. The van der Waals surface area contributed by atoms with Gasteiger partial charge >= 0.3 is 0 Å². The lowest BCUT2D eigenvalue weighted by molar-refractivity contribution is 0.745. The summed E-state index contributed by atoms with van der Waals surface area (Å²) >= 11 is 9.48. The van der Waals surface area contributed by atoms with Crippen LogP contribution in [0.5, 0.6) is 0 Å². The third-order valence-corrected chi connectivity index (χ3v) is 4.15. The molecular formula is C15H13BrClN3. The van der Waals surface area contributed by atoms with E-state index in [0.717, 1.165) is 34.4 Å². The summed E-state index contributed by atoms with van der Waals surface area (Å²) in [6.07, 6.45) is 2.54. The highest BCUT2D eigenvalue weighted by Crippen LogP contribution is 2.21. The van der Waals surface area contributed by atoms with Crippen molar-refractivity contribution in [2.75, 3.05) is 5.88 Å². The molecule has 0 spiro atoms. The van der Waals surface area contributed by atoms with Gasteiger partial charge in [-0.2, -0.15) is 0 Å². The molecule has 0 atom stereocenters. The number of benzene rings is 1. The molecule has 0 aliphatic heterocycles. The van der Waals surface area contributed by atoms with Crippen molar-refractivity contribution in [1.29, 1.82) is 0 Å². The van der Waals surface area contributed by atoms with E-state index in [1.54, 1.807) is 6.20 Å². The normalized spacial score (nSPS) is 11.1. The second kappa shape index (κ2) is 5.94. The third kappa shape index (κ3) is 2.58. The van der Waals surface area contributed by atoms with E-state index in [9.17, 15) is 0 Å². The molecule has 0 bridgehead atoms. The monoisotopic (exact) mass is 349 g/mol. The molecule has 3 aromatic rings. The summed E-state index contributed by atoms with van der Waals surface area (Å²) in [6.45, 7) is 0.737. The minimum Gasteiger partial charge on any atom is -0.308 e. The zero-order valence-corrected chi connectivity index (χ0v) is 13.1. The number of alkyl halides is 1. The Bertz CT molecular complexity index is 739. The number of hydrogen-bond acceptors (Lipinski definition) is 2. The summed E-state index contributed by atoms with van der Waals surface area (Å²) in [5.74, 6) is 1.53. The number of nitrogens with zero attached hydrogens (tertiary/aromatic N) is 3. The topological polar surface area (TPSA) is 30.7 Å². The van der Waals surface area contributed by atoms with Crippen molar-refractivity contribution in [3.63, 3.8) is 0 Å². The first-order valence-electron chi connectivity index (χ1n) is 6.39. The molecule has 0 aliphatic carbocycles. The quantitative estimate of drug-likeness (QED) is 0.665. The van der Waals surface area contributed by atoms with Crippen LogP contribution >= 0.6 is 27.5 Å². The summed E-state index contributed by atoms with van der Waals surface area (Å²) in [7, 11) is 0. The molecule has 0 aliphatic rings. The number of imidazole rings is 1. The molecule has 0 amide bonds. The largest absolute Gasteiger partial charge is 0.308 e. The van der Waals surface area contributed by atoms with Gasteiger partial charge in [0.15, 0.2) is 5.65 Å². The first-order valence-corrected chi connectivity index (χ1v) is 7.72. The van der Waals surface area contributed by atoms with E-state index in [0.29, 0.717) is 5.88 Å². The smallest absolute Gasteiger partial charge is 0.160 e. The predicted octanol–water partition coefficient (Wildman–Crippen LogP) is 4.02. The molecule has 2 heterocycles. The van der Waals surface area contributed by atoms with Gasteiger partial charge in [0.2, 0.25) is 0 Å². The van der Waals surface area contributed by atoms with Crippen LogP contribution in [0.4, 0.5) is 0 Å².